The van der Waals surface area contributed by atoms with Crippen LogP contribution in [-0.2, 0) is 0 Å². The lowest BCUT2D eigenvalue weighted by Crippen LogP contribution is -2.16. The van der Waals surface area contributed by atoms with Gasteiger partial charge in [0.05, 0.1) is 0 Å². The number of rotatable bonds is 4. The van der Waals surface area contributed by atoms with Crippen LogP contribution in [0.5, 0.6) is 0 Å². The van der Waals surface area contributed by atoms with Crippen molar-refractivity contribution < 1.29 is 0 Å². The van der Waals surface area contributed by atoms with E-state index in [-0.39, 0.29) is 0 Å². The fraction of sp³-hybridized carbons (Fsp3) is 0.250. The Morgan fingerprint density at radius 3 is 2.47 bits per heavy atom. The van der Waals surface area contributed by atoms with E-state index in [1.165, 1.54) is 0 Å². The topological polar surface area (TPSA) is 50.7 Å². The molecular formula is C16H21N3. The van der Waals surface area contributed by atoms with Crippen molar-refractivity contribution in [1.29, 1.82) is 0 Å². The van der Waals surface area contributed by atoms with Crippen molar-refractivity contribution >= 4 is 11.7 Å². The summed E-state index contributed by atoms with van der Waals surface area (Å²) in [5.41, 5.74) is 7.89. The highest BCUT2D eigenvalue weighted by Crippen LogP contribution is 2.06. The predicted octanol–water partition coefficient (Wildman–Crippen LogP) is 3.33. The number of nitrogens with zero attached hydrogens (tertiary/aromatic N) is 2. The first-order valence-corrected chi connectivity index (χ1v) is 6.42. The van der Waals surface area contributed by atoms with Gasteiger partial charge >= 0.3 is 0 Å². The number of aliphatic imine (C=N–C) groups is 2. The van der Waals surface area contributed by atoms with Crippen molar-refractivity contribution in [2.45, 2.75) is 20.3 Å². The van der Waals surface area contributed by atoms with Crippen molar-refractivity contribution in [1.82, 2.24) is 0 Å². The van der Waals surface area contributed by atoms with E-state index in [4.69, 9.17) is 5.73 Å². The van der Waals surface area contributed by atoms with Crippen LogP contribution in [0.1, 0.15) is 25.8 Å². The molecular weight excluding hydrogens is 234 g/mol. The van der Waals surface area contributed by atoms with Crippen LogP contribution in [0.15, 0.2) is 64.1 Å². The fourth-order valence-corrected chi connectivity index (χ4v) is 1.58. The van der Waals surface area contributed by atoms with Crippen LogP contribution in [0.25, 0.3) is 0 Å². The van der Waals surface area contributed by atoms with Gasteiger partial charge in [0.15, 0.2) is 5.84 Å². The summed E-state index contributed by atoms with van der Waals surface area (Å²) in [6.45, 7) is 4.06. The molecule has 0 radical (unpaired) electrons. The van der Waals surface area contributed by atoms with Gasteiger partial charge in [-0.05, 0) is 13.3 Å². The molecule has 0 spiro atoms. The zero-order valence-corrected chi connectivity index (χ0v) is 11.8. The van der Waals surface area contributed by atoms with Gasteiger partial charge in [-0.15, -0.1) is 0 Å². The summed E-state index contributed by atoms with van der Waals surface area (Å²) in [7, 11) is 1.72. The summed E-state index contributed by atoms with van der Waals surface area (Å²) in [4.78, 5) is 8.62. The van der Waals surface area contributed by atoms with Crippen molar-refractivity contribution in [3.63, 3.8) is 0 Å². The molecule has 0 bridgehead atoms. The van der Waals surface area contributed by atoms with Gasteiger partial charge in [-0.2, -0.15) is 0 Å². The Morgan fingerprint density at radius 2 is 1.95 bits per heavy atom. The van der Waals surface area contributed by atoms with Gasteiger partial charge in [-0.25, -0.2) is 4.99 Å². The average Bonchev–Trinajstić information content (AvgIpc) is 2.47. The number of amidine groups is 2. The fourth-order valence-electron chi connectivity index (χ4n) is 1.58. The van der Waals surface area contributed by atoms with Gasteiger partial charge in [-0.3, -0.25) is 4.99 Å². The van der Waals surface area contributed by atoms with Crippen LogP contribution in [0.3, 0.4) is 0 Å². The summed E-state index contributed by atoms with van der Waals surface area (Å²) in [5.74, 6) is 1.12. The van der Waals surface area contributed by atoms with E-state index in [0.717, 1.165) is 17.6 Å². The zero-order valence-electron chi connectivity index (χ0n) is 11.8. The third-order valence-electron chi connectivity index (χ3n) is 2.61. The first-order valence-electron chi connectivity index (χ1n) is 6.42. The number of hydrogen-bond acceptors (Lipinski definition) is 1. The highest BCUT2D eigenvalue weighted by Gasteiger charge is 2.03. The Labute approximate surface area is 115 Å². The average molecular weight is 255 g/mol. The molecule has 100 valence electrons. The predicted molar refractivity (Wildman–Crippen MR) is 83.7 cm³/mol. The molecule has 3 heteroatoms. The summed E-state index contributed by atoms with van der Waals surface area (Å²) in [5, 5.41) is 0. The SMILES string of the molecule is C/C=C(\C=C/CC)C(=NC)N=C(N)c1ccccc1. The van der Waals surface area contributed by atoms with E-state index in [1.807, 2.05) is 49.4 Å². The van der Waals surface area contributed by atoms with Crippen molar-refractivity contribution in [2.75, 3.05) is 7.05 Å². The maximum atomic E-state index is 6.01. The van der Waals surface area contributed by atoms with E-state index in [1.54, 1.807) is 7.05 Å². The Kier molecular flexibility index (Phi) is 6.30. The van der Waals surface area contributed by atoms with Crippen LogP contribution in [0.4, 0.5) is 0 Å². The summed E-state index contributed by atoms with van der Waals surface area (Å²) < 4.78 is 0. The Hall–Kier alpha value is -2.16. The van der Waals surface area contributed by atoms with E-state index in [9.17, 15) is 0 Å². The van der Waals surface area contributed by atoms with Gasteiger partial charge < -0.3 is 5.73 Å². The Balaban J connectivity index is 3.03. The lowest BCUT2D eigenvalue weighted by Gasteiger charge is -2.04. The smallest absolute Gasteiger partial charge is 0.156 e. The quantitative estimate of drug-likeness (QED) is 0.501. The Morgan fingerprint density at radius 1 is 1.26 bits per heavy atom. The van der Waals surface area contributed by atoms with Crippen LogP contribution in [0, 0.1) is 0 Å². The Bertz CT molecular complexity index is 508. The maximum absolute atomic E-state index is 6.01. The van der Waals surface area contributed by atoms with Gasteiger partial charge in [0.25, 0.3) is 0 Å². The second kappa shape index (κ2) is 8.03. The van der Waals surface area contributed by atoms with E-state index in [2.05, 4.69) is 23.0 Å². The molecule has 19 heavy (non-hydrogen) atoms. The molecule has 0 aliphatic heterocycles. The first kappa shape index (κ1) is 14.9. The molecule has 1 rings (SSSR count). The second-order valence-electron chi connectivity index (χ2n) is 3.96. The highest BCUT2D eigenvalue weighted by molar-refractivity contribution is 6.11. The van der Waals surface area contributed by atoms with E-state index < -0.39 is 0 Å². The van der Waals surface area contributed by atoms with Crippen LogP contribution < -0.4 is 5.73 Å². The minimum atomic E-state index is 0.477. The van der Waals surface area contributed by atoms with Crippen molar-refractivity contribution in [3.05, 3.63) is 59.7 Å². The lowest BCUT2D eigenvalue weighted by molar-refractivity contribution is 1.22. The molecule has 2 N–H and O–H groups in total. The molecule has 0 aromatic heterocycles. The summed E-state index contributed by atoms with van der Waals surface area (Å²) >= 11 is 0. The monoisotopic (exact) mass is 255 g/mol. The van der Waals surface area contributed by atoms with E-state index >= 15 is 0 Å². The van der Waals surface area contributed by atoms with Gasteiger partial charge in [0, 0.05) is 18.2 Å². The van der Waals surface area contributed by atoms with Crippen molar-refractivity contribution in [2.24, 2.45) is 15.7 Å². The molecule has 0 aliphatic rings. The number of hydrogen-bond donors (Lipinski definition) is 1. The molecule has 0 amide bonds. The number of nitrogens with two attached hydrogens (primary N) is 1. The highest BCUT2D eigenvalue weighted by atomic mass is 15.0. The molecule has 0 saturated carbocycles. The normalized spacial score (nSPS) is 14.2. The molecule has 1 aromatic rings. The second-order valence-corrected chi connectivity index (χ2v) is 3.96. The largest absolute Gasteiger partial charge is 0.383 e. The van der Waals surface area contributed by atoms with Gasteiger partial charge in [-0.1, -0.05) is 55.5 Å². The molecule has 0 atom stereocenters. The molecule has 0 heterocycles. The minimum Gasteiger partial charge on any atom is -0.383 e. The number of benzene rings is 1. The standard InChI is InChI=1S/C16H21N3/c1-4-6-10-13(5-2)16(18-3)19-15(17)14-11-8-7-9-12-14/h5-12H,4H2,1-3H3,(H2,17,18,19)/b10-6-,13-5+. The summed E-state index contributed by atoms with van der Waals surface area (Å²) in [6.07, 6.45) is 7.06. The van der Waals surface area contributed by atoms with E-state index in [0.29, 0.717) is 11.7 Å². The maximum Gasteiger partial charge on any atom is 0.156 e. The van der Waals surface area contributed by atoms with Crippen LogP contribution in [0.2, 0.25) is 0 Å². The molecule has 1 aromatic carbocycles. The van der Waals surface area contributed by atoms with Crippen LogP contribution >= 0.6 is 0 Å². The molecule has 0 saturated heterocycles. The first-order chi connectivity index (χ1) is 9.22. The lowest BCUT2D eigenvalue weighted by atomic mass is 10.2. The molecule has 0 fully saturated rings. The summed E-state index contributed by atoms with van der Waals surface area (Å²) in [6, 6.07) is 9.70. The van der Waals surface area contributed by atoms with Gasteiger partial charge in [0.2, 0.25) is 0 Å². The van der Waals surface area contributed by atoms with Crippen LogP contribution in [-0.4, -0.2) is 18.7 Å². The van der Waals surface area contributed by atoms with Gasteiger partial charge in [0.1, 0.15) is 5.84 Å². The molecule has 3 nitrogen and oxygen atoms in total. The third-order valence-corrected chi connectivity index (χ3v) is 2.61. The minimum absolute atomic E-state index is 0.477. The number of allylic oxidation sites excluding steroid dienone is 2. The van der Waals surface area contributed by atoms with Crippen molar-refractivity contribution in [3.8, 4) is 0 Å². The molecule has 0 unspecified atom stereocenters. The zero-order chi connectivity index (χ0) is 14.1. The molecule has 0 aliphatic carbocycles. The third kappa shape index (κ3) is 4.54.